The summed E-state index contributed by atoms with van der Waals surface area (Å²) in [5.41, 5.74) is 1.78. The van der Waals surface area contributed by atoms with Crippen molar-refractivity contribution < 1.29 is 24.2 Å². The van der Waals surface area contributed by atoms with Crippen LogP contribution in [0.1, 0.15) is 96.0 Å². The summed E-state index contributed by atoms with van der Waals surface area (Å²) >= 11 is 0. The topological polar surface area (TPSA) is 108 Å². The Hall–Kier alpha value is -3.55. The Bertz CT molecular complexity index is 1180. The van der Waals surface area contributed by atoms with Gasteiger partial charge in [0.25, 0.3) is 0 Å². The maximum Gasteiger partial charge on any atom is 0.408 e. The van der Waals surface area contributed by atoms with Gasteiger partial charge in [0.2, 0.25) is 11.8 Å². The second kappa shape index (κ2) is 14.4. The van der Waals surface area contributed by atoms with Gasteiger partial charge in [0, 0.05) is 18.5 Å². The number of phenols is 1. The minimum absolute atomic E-state index is 0.0998. The maximum atomic E-state index is 14.6. The lowest BCUT2D eigenvalue weighted by molar-refractivity contribution is -0.148. The first kappa shape index (κ1) is 33.7. The Labute approximate surface area is 245 Å². The molecule has 2 aromatic rings. The monoisotopic (exact) mass is 567 g/mol. The number of aryl methyl sites for hydroxylation is 2. The summed E-state index contributed by atoms with van der Waals surface area (Å²) < 4.78 is 5.50. The number of nitrogens with one attached hydrogen (secondary N) is 2. The number of carbonyl (C=O) groups excluding carboxylic acids is 3. The largest absolute Gasteiger partial charge is 0.508 e. The molecule has 3 amide bonds. The third-order valence-corrected chi connectivity index (χ3v) is 6.64. The highest BCUT2D eigenvalue weighted by atomic mass is 16.6. The molecule has 0 radical (unpaired) electrons. The maximum absolute atomic E-state index is 14.6. The second-order valence-electron chi connectivity index (χ2n) is 12.7. The SMILES string of the molecule is CCCCCNC(=O)C(c1cc(C)ccc1C)N(C(=O)C(Cc1ccc(O)cc1)NC(=O)OC(C)(C)C)C(C)(C)C. The Balaban J connectivity index is 2.62. The average Bonchev–Trinajstić information content (AvgIpc) is 2.85. The van der Waals surface area contributed by atoms with Crippen molar-refractivity contribution in [2.75, 3.05) is 6.54 Å². The molecular weight excluding hydrogens is 518 g/mol. The van der Waals surface area contributed by atoms with E-state index < -0.39 is 35.2 Å². The molecule has 2 atom stereocenters. The summed E-state index contributed by atoms with van der Waals surface area (Å²) in [6.45, 7) is 17.4. The van der Waals surface area contributed by atoms with Crippen LogP contribution in [0.3, 0.4) is 0 Å². The second-order valence-corrected chi connectivity index (χ2v) is 12.7. The summed E-state index contributed by atoms with van der Waals surface area (Å²) in [6.07, 6.45) is 2.27. The molecule has 0 saturated carbocycles. The van der Waals surface area contributed by atoms with E-state index in [2.05, 4.69) is 17.6 Å². The zero-order valence-corrected chi connectivity index (χ0v) is 26.3. The minimum Gasteiger partial charge on any atom is -0.508 e. The van der Waals surface area contributed by atoms with Crippen molar-refractivity contribution in [2.24, 2.45) is 0 Å². The molecule has 0 spiro atoms. The third-order valence-electron chi connectivity index (χ3n) is 6.64. The summed E-state index contributed by atoms with van der Waals surface area (Å²) in [7, 11) is 0. The van der Waals surface area contributed by atoms with Crippen molar-refractivity contribution in [1.29, 1.82) is 0 Å². The lowest BCUT2D eigenvalue weighted by atomic mass is 9.91. The van der Waals surface area contributed by atoms with E-state index in [0.717, 1.165) is 41.5 Å². The number of hydrogen-bond acceptors (Lipinski definition) is 5. The Morgan fingerprint density at radius 3 is 2.15 bits per heavy atom. The van der Waals surface area contributed by atoms with E-state index in [-0.39, 0.29) is 18.1 Å². The van der Waals surface area contributed by atoms with Gasteiger partial charge in [-0.3, -0.25) is 9.59 Å². The average molecular weight is 568 g/mol. The number of carbonyl (C=O) groups is 3. The van der Waals surface area contributed by atoms with Crippen molar-refractivity contribution in [3.63, 3.8) is 0 Å². The lowest BCUT2D eigenvalue weighted by Gasteiger charge is -2.43. The number of ether oxygens (including phenoxy) is 1. The number of aromatic hydroxyl groups is 1. The lowest BCUT2D eigenvalue weighted by Crippen LogP contribution is -2.59. The molecule has 0 aliphatic carbocycles. The number of benzene rings is 2. The smallest absolute Gasteiger partial charge is 0.408 e. The summed E-state index contributed by atoms with van der Waals surface area (Å²) in [6, 6.07) is 10.4. The van der Waals surface area contributed by atoms with Crippen LogP contribution < -0.4 is 10.6 Å². The van der Waals surface area contributed by atoms with Crippen LogP contribution in [0, 0.1) is 13.8 Å². The van der Waals surface area contributed by atoms with E-state index in [1.807, 2.05) is 52.8 Å². The highest BCUT2D eigenvalue weighted by molar-refractivity contribution is 5.93. The van der Waals surface area contributed by atoms with Gasteiger partial charge in [0.1, 0.15) is 23.4 Å². The zero-order chi connectivity index (χ0) is 31.0. The van der Waals surface area contributed by atoms with E-state index >= 15 is 0 Å². The first-order valence-electron chi connectivity index (χ1n) is 14.5. The van der Waals surface area contributed by atoms with Gasteiger partial charge < -0.3 is 25.4 Å². The van der Waals surface area contributed by atoms with Crippen LogP contribution in [0.4, 0.5) is 4.79 Å². The molecule has 0 aliphatic heterocycles. The molecule has 41 heavy (non-hydrogen) atoms. The van der Waals surface area contributed by atoms with Gasteiger partial charge >= 0.3 is 6.09 Å². The first-order chi connectivity index (χ1) is 19.0. The van der Waals surface area contributed by atoms with Gasteiger partial charge in [-0.05, 0) is 90.6 Å². The van der Waals surface area contributed by atoms with E-state index in [9.17, 15) is 19.5 Å². The van der Waals surface area contributed by atoms with Crippen LogP contribution in [0.25, 0.3) is 0 Å². The van der Waals surface area contributed by atoms with Crippen molar-refractivity contribution in [3.05, 3.63) is 64.7 Å². The fourth-order valence-corrected chi connectivity index (χ4v) is 4.67. The van der Waals surface area contributed by atoms with Crippen LogP contribution in [0.5, 0.6) is 5.75 Å². The van der Waals surface area contributed by atoms with Crippen LogP contribution in [0.2, 0.25) is 0 Å². The Morgan fingerprint density at radius 2 is 1.59 bits per heavy atom. The standard InChI is InChI=1S/C33H49N3O5/c1-10-11-12-19-34-29(38)28(26-20-22(2)13-14-23(26)3)36(32(4,5)6)30(39)27(35-31(40)41-33(7,8)9)21-24-15-17-25(37)18-16-24/h13-18,20,27-28,37H,10-12,19,21H2,1-9H3,(H,34,38)(H,35,40). The van der Waals surface area contributed by atoms with E-state index in [1.165, 1.54) is 12.1 Å². The summed E-state index contributed by atoms with van der Waals surface area (Å²) in [5, 5.41) is 15.6. The Kier molecular flexibility index (Phi) is 11.8. The molecule has 0 fully saturated rings. The van der Waals surface area contributed by atoms with E-state index in [1.54, 1.807) is 37.8 Å². The zero-order valence-electron chi connectivity index (χ0n) is 26.3. The molecule has 3 N–H and O–H groups in total. The van der Waals surface area contributed by atoms with Crippen LogP contribution in [-0.4, -0.2) is 51.6 Å². The highest BCUT2D eigenvalue weighted by Crippen LogP contribution is 2.33. The van der Waals surface area contributed by atoms with E-state index in [4.69, 9.17) is 4.74 Å². The number of hydrogen-bond donors (Lipinski definition) is 3. The predicted octanol–water partition coefficient (Wildman–Crippen LogP) is 6.12. The molecule has 2 aromatic carbocycles. The van der Waals surface area contributed by atoms with Crippen molar-refractivity contribution in [2.45, 2.75) is 111 Å². The molecule has 0 aliphatic rings. The summed E-state index contributed by atoms with van der Waals surface area (Å²) in [5.74, 6) is -0.576. The first-order valence-corrected chi connectivity index (χ1v) is 14.5. The quantitative estimate of drug-likeness (QED) is 0.284. The van der Waals surface area contributed by atoms with Gasteiger partial charge in [0.05, 0.1) is 0 Å². The van der Waals surface area contributed by atoms with Crippen molar-refractivity contribution >= 4 is 17.9 Å². The minimum atomic E-state index is -1.03. The van der Waals surface area contributed by atoms with Gasteiger partial charge in [-0.25, -0.2) is 4.79 Å². The van der Waals surface area contributed by atoms with Gasteiger partial charge in [-0.2, -0.15) is 0 Å². The Morgan fingerprint density at radius 1 is 0.951 bits per heavy atom. The fraction of sp³-hybridized carbons (Fsp3) is 0.545. The molecule has 2 rings (SSSR count). The molecule has 0 heterocycles. The number of amides is 3. The molecule has 226 valence electrons. The molecule has 8 nitrogen and oxygen atoms in total. The number of nitrogens with zero attached hydrogens (tertiary/aromatic N) is 1. The molecule has 2 unspecified atom stereocenters. The van der Waals surface area contributed by atoms with E-state index in [0.29, 0.717) is 6.54 Å². The fourth-order valence-electron chi connectivity index (χ4n) is 4.67. The third kappa shape index (κ3) is 10.4. The van der Waals surface area contributed by atoms with Crippen molar-refractivity contribution in [1.82, 2.24) is 15.5 Å². The normalized spacial score (nSPS) is 13.2. The summed E-state index contributed by atoms with van der Waals surface area (Å²) in [4.78, 5) is 43.1. The number of unbranched alkanes of at least 4 members (excludes halogenated alkanes) is 2. The highest BCUT2D eigenvalue weighted by Gasteiger charge is 2.42. The van der Waals surface area contributed by atoms with Gasteiger partial charge in [0.15, 0.2) is 0 Å². The van der Waals surface area contributed by atoms with Crippen molar-refractivity contribution in [3.8, 4) is 5.75 Å². The molecule has 0 saturated heterocycles. The molecule has 0 bridgehead atoms. The molecule has 8 heteroatoms. The van der Waals surface area contributed by atoms with Gasteiger partial charge in [-0.15, -0.1) is 0 Å². The van der Waals surface area contributed by atoms with Crippen LogP contribution in [0.15, 0.2) is 42.5 Å². The van der Waals surface area contributed by atoms with Crippen LogP contribution in [-0.2, 0) is 20.7 Å². The molecular formula is C33H49N3O5. The molecule has 0 aromatic heterocycles. The number of phenolic OH excluding ortho intramolecular Hbond substituents is 1. The van der Waals surface area contributed by atoms with Gasteiger partial charge in [-0.1, -0.05) is 55.7 Å². The number of alkyl carbamates (subject to hydrolysis) is 1. The predicted molar refractivity (Wildman–Crippen MR) is 163 cm³/mol. The van der Waals surface area contributed by atoms with Crippen LogP contribution >= 0.6 is 0 Å². The number of rotatable bonds is 11.